The quantitative estimate of drug-likeness (QED) is 0.328. The number of aromatic nitrogens is 1. The summed E-state index contributed by atoms with van der Waals surface area (Å²) < 4.78 is 10.6. The highest BCUT2D eigenvalue weighted by Crippen LogP contribution is 2.37. The van der Waals surface area contributed by atoms with E-state index in [1.807, 2.05) is 60.7 Å². The van der Waals surface area contributed by atoms with Gasteiger partial charge in [-0.2, -0.15) is 0 Å². The SMILES string of the molecule is CCOC(=O)c1cc(C(C)c2ccccc2)sc1NC(=O)c1c(-c2ccccc2)noc1C. The van der Waals surface area contributed by atoms with Gasteiger partial charge in [0.15, 0.2) is 0 Å². The topological polar surface area (TPSA) is 81.4 Å². The van der Waals surface area contributed by atoms with E-state index in [4.69, 9.17) is 9.26 Å². The number of aryl methyl sites for hydroxylation is 1. The Kier molecular flexibility index (Phi) is 6.70. The lowest BCUT2D eigenvalue weighted by Gasteiger charge is -2.09. The van der Waals surface area contributed by atoms with Crippen molar-refractivity contribution in [3.63, 3.8) is 0 Å². The van der Waals surface area contributed by atoms with Crippen LogP contribution in [-0.2, 0) is 4.74 Å². The van der Waals surface area contributed by atoms with Gasteiger partial charge in [0, 0.05) is 16.4 Å². The Labute approximate surface area is 196 Å². The van der Waals surface area contributed by atoms with E-state index < -0.39 is 5.97 Å². The third-order valence-electron chi connectivity index (χ3n) is 5.34. The van der Waals surface area contributed by atoms with E-state index in [1.54, 1.807) is 19.9 Å². The van der Waals surface area contributed by atoms with Crippen LogP contribution in [0.3, 0.4) is 0 Å². The molecule has 0 bridgehead atoms. The molecule has 168 valence electrons. The zero-order chi connectivity index (χ0) is 23.4. The second-order valence-corrected chi connectivity index (χ2v) is 8.61. The van der Waals surface area contributed by atoms with Gasteiger partial charge in [-0.05, 0) is 25.5 Å². The van der Waals surface area contributed by atoms with E-state index in [9.17, 15) is 9.59 Å². The number of carbonyl (C=O) groups is 2. The standard InChI is InChI=1S/C26H24N2O4S/c1-4-31-26(30)20-15-21(16(2)18-11-7-5-8-12-18)33-25(20)27-24(29)22-17(3)32-28-23(22)19-13-9-6-10-14-19/h5-16H,4H2,1-3H3,(H,27,29). The molecule has 0 spiro atoms. The molecule has 7 heteroatoms. The smallest absolute Gasteiger partial charge is 0.341 e. The number of hydrogen-bond donors (Lipinski definition) is 1. The zero-order valence-electron chi connectivity index (χ0n) is 18.6. The number of rotatable bonds is 7. The Morgan fingerprint density at radius 3 is 2.42 bits per heavy atom. The Morgan fingerprint density at radius 1 is 1.09 bits per heavy atom. The van der Waals surface area contributed by atoms with Crippen molar-refractivity contribution in [1.82, 2.24) is 5.16 Å². The normalized spacial score (nSPS) is 11.7. The fraction of sp³-hybridized carbons (Fsp3) is 0.192. The van der Waals surface area contributed by atoms with Crippen molar-refractivity contribution in [1.29, 1.82) is 0 Å². The molecule has 0 aliphatic heterocycles. The fourth-order valence-corrected chi connectivity index (χ4v) is 4.70. The van der Waals surface area contributed by atoms with Gasteiger partial charge < -0.3 is 14.6 Å². The number of nitrogens with zero attached hydrogens (tertiary/aromatic N) is 1. The first-order valence-electron chi connectivity index (χ1n) is 10.7. The van der Waals surface area contributed by atoms with Crippen molar-refractivity contribution >= 4 is 28.2 Å². The molecule has 1 atom stereocenters. The molecule has 1 N–H and O–H groups in total. The summed E-state index contributed by atoms with van der Waals surface area (Å²) in [5, 5.41) is 7.43. The molecule has 0 saturated heterocycles. The monoisotopic (exact) mass is 460 g/mol. The summed E-state index contributed by atoms with van der Waals surface area (Å²) in [4.78, 5) is 26.9. The molecule has 1 unspecified atom stereocenters. The van der Waals surface area contributed by atoms with Crippen LogP contribution in [0.5, 0.6) is 0 Å². The average Bonchev–Trinajstić information content (AvgIpc) is 3.43. The zero-order valence-corrected chi connectivity index (χ0v) is 19.4. The van der Waals surface area contributed by atoms with Crippen LogP contribution in [-0.4, -0.2) is 23.6 Å². The third kappa shape index (κ3) is 4.73. The van der Waals surface area contributed by atoms with Gasteiger partial charge in [-0.15, -0.1) is 11.3 Å². The van der Waals surface area contributed by atoms with Gasteiger partial charge in [-0.1, -0.05) is 72.7 Å². The predicted octanol–water partition coefficient (Wildman–Crippen LogP) is 6.29. The predicted molar refractivity (Wildman–Crippen MR) is 129 cm³/mol. The van der Waals surface area contributed by atoms with Gasteiger partial charge in [0.2, 0.25) is 0 Å². The number of amides is 1. The van der Waals surface area contributed by atoms with Crippen molar-refractivity contribution in [2.24, 2.45) is 0 Å². The highest BCUT2D eigenvalue weighted by Gasteiger charge is 2.26. The molecule has 2 aromatic carbocycles. The maximum atomic E-state index is 13.3. The molecular formula is C26H24N2O4S. The van der Waals surface area contributed by atoms with Gasteiger partial charge in [0.25, 0.3) is 5.91 Å². The first-order chi connectivity index (χ1) is 16.0. The van der Waals surface area contributed by atoms with E-state index in [1.165, 1.54) is 11.3 Å². The Balaban J connectivity index is 1.69. The van der Waals surface area contributed by atoms with E-state index >= 15 is 0 Å². The van der Waals surface area contributed by atoms with Gasteiger partial charge in [-0.25, -0.2) is 4.79 Å². The second kappa shape index (κ2) is 9.83. The molecule has 0 aliphatic rings. The molecule has 1 amide bonds. The largest absolute Gasteiger partial charge is 0.462 e. The molecule has 0 saturated carbocycles. The lowest BCUT2D eigenvalue weighted by atomic mass is 9.99. The number of ether oxygens (including phenoxy) is 1. The molecule has 0 radical (unpaired) electrons. The molecule has 0 aliphatic carbocycles. The van der Waals surface area contributed by atoms with Gasteiger partial charge in [-0.3, -0.25) is 4.79 Å². The van der Waals surface area contributed by atoms with E-state index in [0.29, 0.717) is 27.6 Å². The van der Waals surface area contributed by atoms with Crippen molar-refractivity contribution in [3.8, 4) is 11.3 Å². The van der Waals surface area contributed by atoms with Crippen molar-refractivity contribution in [2.45, 2.75) is 26.7 Å². The van der Waals surface area contributed by atoms with Gasteiger partial charge >= 0.3 is 5.97 Å². The van der Waals surface area contributed by atoms with Crippen LogP contribution < -0.4 is 5.32 Å². The van der Waals surface area contributed by atoms with Crippen LogP contribution in [0.2, 0.25) is 0 Å². The molecule has 6 nitrogen and oxygen atoms in total. The van der Waals surface area contributed by atoms with Crippen LogP contribution >= 0.6 is 11.3 Å². The Bertz CT molecular complexity index is 1260. The first-order valence-corrected chi connectivity index (χ1v) is 11.5. The number of esters is 1. The number of carbonyl (C=O) groups excluding carboxylic acids is 2. The van der Waals surface area contributed by atoms with Crippen molar-refractivity contribution in [2.75, 3.05) is 11.9 Å². The lowest BCUT2D eigenvalue weighted by molar-refractivity contribution is 0.0528. The minimum Gasteiger partial charge on any atom is -0.462 e. The minimum atomic E-state index is -0.471. The van der Waals surface area contributed by atoms with Crippen molar-refractivity contribution in [3.05, 3.63) is 94.1 Å². The van der Waals surface area contributed by atoms with Crippen LogP contribution in [0.1, 0.15) is 56.7 Å². The fourth-order valence-electron chi connectivity index (χ4n) is 3.58. The third-order valence-corrected chi connectivity index (χ3v) is 6.57. The van der Waals surface area contributed by atoms with Crippen LogP contribution in [0.15, 0.2) is 71.3 Å². The Morgan fingerprint density at radius 2 is 1.76 bits per heavy atom. The minimum absolute atomic E-state index is 0.0484. The molecule has 33 heavy (non-hydrogen) atoms. The number of thiophene rings is 1. The summed E-state index contributed by atoms with van der Waals surface area (Å²) in [6, 6.07) is 21.2. The molecular weight excluding hydrogens is 436 g/mol. The van der Waals surface area contributed by atoms with Gasteiger partial charge in [0.1, 0.15) is 22.0 Å². The number of benzene rings is 2. The van der Waals surface area contributed by atoms with Gasteiger partial charge in [0.05, 0.1) is 12.2 Å². The summed E-state index contributed by atoms with van der Waals surface area (Å²) in [7, 11) is 0. The summed E-state index contributed by atoms with van der Waals surface area (Å²) in [5.74, 6) is -0.412. The molecule has 0 fully saturated rings. The van der Waals surface area contributed by atoms with E-state index in [0.717, 1.165) is 16.0 Å². The molecule has 2 aromatic heterocycles. The molecule has 2 heterocycles. The van der Waals surface area contributed by atoms with Crippen LogP contribution in [0.4, 0.5) is 5.00 Å². The molecule has 4 rings (SSSR count). The van der Waals surface area contributed by atoms with Crippen LogP contribution in [0.25, 0.3) is 11.3 Å². The van der Waals surface area contributed by atoms with E-state index in [-0.39, 0.29) is 18.4 Å². The maximum absolute atomic E-state index is 13.3. The first kappa shape index (κ1) is 22.5. The maximum Gasteiger partial charge on any atom is 0.341 e. The number of nitrogens with one attached hydrogen (secondary N) is 1. The lowest BCUT2D eigenvalue weighted by Crippen LogP contribution is -2.15. The summed E-state index contributed by atoms with van der Waals surface area (Å²) >= 11 is 1.37. The van der Waals surface area contributed by atoms with E-state index in [2.05, 4.69) is 17.4 Å². The Hall–Kier alpha value is -3.71. The highest BCUT2D eigenvalue weighted by atomic mass is 32.1. The summed E-state index contributed by atoms with van der Waals surface area (Å²) in [6.45, 7) is 5.76. The number of anilines is 1. The summed E-state index contributed by atoms with van der Waals surface area (Å²) in [5.41, 5.74) is 3.02. The van der Waals surface area contributed by atoms with Crippen molar-refractivity contribution < 1.29 is 18.8 Å². The highest BCUT2D eigenvalue weighted by molar-refractivity contribution is 7.16. The summed E-state index contributed by atoms with van der Waals surface area (Å²) in [6.07, 6.45) is 0. The second-order valence-electron chi connectivity index (χ2n) is 7.53. The number of hydrogen-bond acceptors (Lipinski definition) is 6. The average molecular weight is 461 g/mol. The molecule has 4 aromatic rings. The van der Waals surface area contributed by atoms with Crippen LogP contribution in [0, 0.1) is 6.92 Å².